The molecule has 0 saturated heterocycles. The monoisotopic (exact) mass is 198 g/mol. The molecule has 0 aliphatic heterocycles. The van der Waals surface area contributed by atoms with Gasteiger partial charge in [-0.05, 0) is 19.1 Å². The molecule has 1 aromatic rings. The number of hydrogen-bond acceptors (Lipinski definition) is 4. The van der Waals surface area contributed by atoms with E-state index in [1.54, 1.807) is 0 Å². The first-order chi connectivity index (χ1) is 6.48. The van der Waals surface area contributed by atoms with Crippen molar-refractivity contribution in [1.82, 2.24) is 4.98 Å². The van der Waals surface area contributed by atoms with Gasteiger partial charge in [0.1, 0.15) is 5.82 Å². The summed E-state index contributed by atoms with van der Waals surface area (Å²) in [5.74, 6) is -1.09. The molecule has 0 bridgehead atoms. The lowest BCUT2D eigenvalue weighted by Gasteiger charge is -2.20. The Morgan fingerprint density at radius 1 is 1.64 bits per heavy atom. The van der Waals surface area contributed by atoms with Crippen molar-refractivity contribution in [3.63, 3.8) is 0 Å². The lowest BCUT2D eigenvalue weighted by Crippen LogP contribution is -2.43. The van der Waals surface area contributed by atoms with Crippen LogP contribution in [0.25, 0.3) is 0 Å². The minimum absolute atomic E-state index is 0.269. The molecule has 76 valence electrons. The molecule has 1 unspecified atom stereocenters. The van der Waals surface area contributed by atoms with Crippen LogP contribution in [0.2, 0.25) is 0 Å². The summed E-state index contributed by atoms with van der Waals surface area (Å²) in [6.07, 6.45) is 1.00. The second kappa shape index (κ2) is 3.71. The lowest BCUT2D eigenvalue weighted by atomic mass is 9.99. The molecule has 4 nitrogen and oxygen atoms in total. The van der Waals surface area contributed by atoms with Crippen molar-refractivity contribution in [2.75, 3.05) is 7.11 Å². The van der Waals surface area contributed by atoms with Gasteiger partial charge < -0.3 is 10.5 Å². The van der Waals surface area contributed by atoms with E-state index in [0.717, 1.165) is 6.20 Å². The van der Waals surface area contributed by atoms with Gasteiger partial charge in [-0.3, -0.25) is 4.98 Å². The smallest absolute Gasteiger partial charge is 0.331 e. The molecule has 0 aliphatic carbocycles. The fourth-order valence-corrected chi connectivity index (χ4v) is 1.000. The van der Waals surface area contributed by atoms with Gasteiger partial charge in [-0.15, -0.1) is 0 Å². The van der Waals surface area contributed by atoms with E-state index in [-0.39, 0.29) is 5.69 Å². The van der Waals surface area contributed by atoms with Gasteiger partial charge in [0.05, 0.1) is 19.0 Å². The number of nitrogens with two attached hydrogens (primary N) is 1. The average molecular weight is 198 g/mol. The molecular formula is C9H11FN2O2. The number of pyridine rings is 1. The first-order valence-electron chi connectivity index (χ1n) is 3.98. The van der Waals surface area contributed by atoms with Crippen molar-refractivity contribution >= 4 is 5.97 Å². The predicted octanol–water partition coefficient (Wildman–Crippen LogP) is 0.568. The maximum Gasteiger partial charge on any atom is 0.331 e. The van der Waals surface area contributed by atoms with Crippen LogP contribution in [-0.4, -0.2) is 18.1 Å². The Bertz CT molecular complexity index is 335. The quantitative estimate of drug-likeness (QED) is 0.705. The topological polar surface area (TPSA) is 65.2 Å². The third-order valence-corrected chi connectivity index (χ3v) is 1.87. The fraction of sp³-hybridized carbons (Fsp3) is 0.333. The zero-order valence-corrected chi connectivity index (χ0v) is 7.95. The van der Waals surface area contributed by atoms with Crippen LogP contribution in [0.4, 0.5) is 4.39 Å². The normalized spacial score (nSPS) is 14.6. The standard InChI is InChI=1S/C9H11FN2O2/c1-9(11,8(13)14-2)7-4-3-6(10)5-12-7/h3-5H,11H2,1-2H3. The van der Waals surface area contributed by atoms with E-state index in [1.165, 1.54) is 26.2 Å². The number of rotatable bonds is 2. The van der Waals surface area contributed by atoms with Gasteiger partial charge in [-0.2, -0.15) is 0 Å². The van der Waals surface area contributed by atoms with Crippen molar-refractivity contribution in [2.24, 2.45) is 5.73 Å². The van der Waals surface area contributed by atoms with Crippen LogP contribution in [0.1, 0.15) is 12.6 Å². The fourth-order valence-electron chi connectivity index (χ4n) is 1.000. The molecule has 0 aromatic carbocycles. The Kier molecular flexibility index (Phi) is 2.81. The van der Waals surface area contributed by atoms with E-state index in [1.807, 2.05) is 0 Å². The number of halogens is 1. The van der Waals surface area contributed by atoms with Crippen molar-refractivity contribution < 1.29 is 13.9 Å². The highest BCUT2D eigenvalue weighted by Crippen LogP contribution is 2.16. The zero-order valence-electron chi connectivity index (χ0n) is 7.95. The summed E-state index contributed by atoms with van der Waals surface area (Å²) in [6, 6.07) is 2.54. The van der Waals surface area contributed by atoms with Gasteiger partial charge in [-0.25, -0.2) is 9.18 Å². The van der Waals surface area contributed by atoms with E-state index < -0.39 is 17.3 Å². The molecular weight excluding hydrogens is 187 g/mol. The number of carbonyl (C=O) groups is 1. The molecule has 0 amide bonds. The Morgan fingerprint density at radius 2 is 2.29 bits per heavy atom. The molecule has 1 aromatic heterocycles. The predicted molar refractivity (Wildman–Crippen MR) is 47.8 cm³/mol. The molecule has 5 heteroatoms. The van der Waals surface area contributed by atoms with E-state index in [4.69, 9.17) is 5.73 Å². The number of hydrogen-bond donors (Lipinski definition) is 1. The molecule has 1 heterocycles. The van der Waals surface area contributed by atoms with Crippen LogP contribution in [0, 0.1) is 5.82 Å². The van der Waals surface area contributed by atoms with Gasteiger partial charge in [0, 0.05) is 0 Å². The molecule has 0 radical (unpaired) electrons. The van der Waals surface area contributed by atoms with Crippen molar-refractivity contribution in [1.29, 1.82) is 0 Å². The molecule has 0 saturated carbocycles. The van der Waals surface area contributed by atoms with Crippen LogP contribution in [0.3, 0.4) is 0 Å². The van der Waals surface area contributed by atoms with Gasteiger partial charge in [0.25, 0.3) is 0 Å². The number of methoxy groups -OCH3 is 1. The largest absolute Gasteiger partial charge is 0.467 e. The SMILES string of the molecule is COC(=O)C(C)(N)c1ccc(F)cn1. The first-order valence-corrected chi connectivity index (χ1v) is 3.98. The van der Waals surface area contributed by atoms with Gasteiger partial charge in [0.15, 0.2) is 5.54 Å². The zero-order chi connectivity index (χ0) is 10.8. The number of nitrogens with zero attached hydrogens (tertiary/aromatic N) is 1. The minimum atomic E-state index is -1.34. The van der Waals surface area contributed by atoms with Crippen LogP contribution in [-0.2, 0) is 15.1 Å². The number of ether oxygens (including phenoxy) is 1. The highest BCUT2D eigenvalue weighted by Gasteiger charge is 2.33. The van der Waals surface area contributed by atoms with E-state index in [9.17, 15) is 9.18 Å². The van der Waals surface area contributed by atoms with Crippen molar-refractivity contribution in [2.45, 2.75) is 12.5 Å². The second-order valence-corrected chi connectivity index (χ2v) is 3.06. The van der Waals surface area contributed by atoms with E-state index in [2.05, 4.69) is 9.72 Å². The van der Waals surface area contributed by atoms with Crippen LogP contribution in [0.5, 0.6) is 0 Å². The molecule has 0 spiro atoms. The summed E-state index contributed by atoms with van der Waals surface area (Å²) in [6.45, 7) is 1.46. The van der Waals surface area contributed by atoms with Crippen molar-refractivity contribution in [3.05, 3.63) is 29.8 Å². The molecule has 1 rings (SSSR count). The third-order valence-electron chi connectivity index (χ3n) is 1.87. The summed E-state index contributed by atoms with van der Waals surface area (Å²) in [7, 11) is 1.23. The average Bonchev–Trinajstić information content (AvgIpc) is 2.17. The summed E-state index contributed by atoms with van der Waals surface area (Å²) in [5.41, 5.74) is 4.61. The van der Waals surface area contributed by atoms with Crippen LogP contribution >= 0.6 is 0 Å². The summed E-state index contributed by atoms with van der Waals surface area (Å²) in [4.78, 5) is 15.0. The molecule has 0 fully saturated rings. The maximum absolute atomic E-state index is 12.5. The summed E-state index contributed by atoms with van der Waals surface area (Å²) < 4.78 is 17.0. The van der Waals surface area contributed by atoms with Crippen LogP contribution in [0.15, 0.2) is 18.3 Å². The Hall–Kier alpha value is -1.49. The minimum Gasteiger partial charge on any atom is -0.467 e. The molecule has 14 heavy (non-hydrogen) atoms. The van der Waals surface area contributed by atoms with E-state index in [0.29, 0.717) is 0 Å². The number of carbonyl (C=O) groups excluding carboxylic acids is 1. The van der Waals surface area contributed by atoms with Gasteiger partial charge in [-0.1, -0.05) is 0 Å². The molecule has 2 N–H and O–H groups in total. The lowest BCUT2D eigenvalue weighted by molar-refractivity contribution is -0.146. The number of esters is 1. The molecule has 1 atom stereocenters. The Morgan fingerprint density at radius 3 is 2.71 bits per heavy atom. The highest BCUT2D eigenvalue weighted by molar-refractivity contribution is 5.81. The number of aromatic nitrogens is 1. The van der Waals surface area contributed by atoms with Gasteiger partial charge >= 0.3 is 5.97 Å². The van der Waals surface area contributed by atoms with Crippen LogP contribution < -0.4 is 5.73 Å². The highest BCUT2D eigenvalue weighted by atomic mass is 19.1. The van der Waals surface area contributed by atoms with Gasteiger partial charge in [0.2, 0.25) is 0 Å². The molecule has 0 aliphatic rings. The second-order valence-electron chi connectivity index (χ2n) is 3.06. The Labute approximate surface area is 80.9 Å². The summed E-state index contributed by atoms with van der Waals surface area (Å²) in [5, 5.41) is 0. The van der Waals surface area contributed by atoms with E-state index >= 15 is 0 Å². The first kappa shape index (κ1) is 10.6. The van der Waals surface area contributed by atoms with Crippen molar-refractivity contribution in [3.8, 4) is 0 Å². The Balaban J connectivity index is 3.03. The summed E-state index contributed by atoms with van der Waals surface area (Å²) >= 11 is 0. The maximum atomic E-state index is 12.5. The third kappa shape index (κ3) is 1.88.